The van der Waals surface area contributed by atoms with Crippen LogP contribution in [-0.2, 0) is 0 Å². The Kier molecular flexibility index (Phi) is 4.34. The van der Waals surface area contributed by atoms with Crippen molar-refractivity contribution in [2.45, 2.75) is 6.43 Å². The van der Waals surface area contributed by atoms with Gasteiger partial charge in [-0.3, -0.25) is 9.78 Å². The van der Waals surface area contributed by atoms with Crippen LogP contribution >= 0.6 is 0 Å². The number of alkyl halides is 2. The van der Waals surface area contributed by atoms with Crippen LogP contribution in [0.5, 0.6) is 0 Å². The van der Waals surface area contributed by atoms with Crippen molar-refractivity contribution in [2.75, 3.05) is 0 Å². The topological polar surface area (TPSA) is 85.1 Å². The number of benzene rings is 1. The van der Waals surface area contributed by atoms with E-state index in [1.165, 1.54) is 36.7 Å². The highest BCUT2D eigenvalue weighted by molar-refractivity contribution is 5.88. The maximum atomic E-state index is 12.7. The number of carboxylic acids is 1. The van der Waals surface area contributed by atoms with Gasteiger partial charge < -0.3 is 5.11 Å². The SMILES string of the molecule is O=C(O)c1cc(-c2ccc(C(F)F)cc2)nn(-c2cccnc2)c1=O. The maximum absolute atomic E-state index is 12.7. The summed E-state index contributed by atoms with van der Waals surface area (Å²) in [5, 5.41) is 13.4. The third kappa shape index (κ3) is 3.27. The van der Waals surface area contributed by atoms with Crippen LogP contribution in [-0.4, -0.2) is 25.8 Å². The fourth-order valence-corrected chi connectivity index (χ4v) is 2.24. The Balaban J connectivity index is 2.19. The largest absolute Gasteiger partial charge is 0.477 e. The number of rotatable bonds is 4. The van der Waals surface area contributed by atoms with E-state index in [0.29, 0.717) is 11.3 Å². The number of nitrogens with zero attached hydrogens (tertiary/aromatic N) is 3. The summed E-state index contributed by atoms with van der Waals surface area (Å²) in [6, 6.07) is 9.49. The molecule has 2 aromatic heterocycles. The van der Waals surface area contributed by atoms with Gasteiger partial charge in [0.1, 0.15) is 5.56 Å². The van der Waals surface area contributed by atoms with Crippen LogP contribution in [0.3, 0.4) is 0 Å². The molecule has 0 saturated carbocycles. The van der Waals surface area contributed by atoms with E-state index in [-0.39, 0.29) is 11.3 Å². The van der Waals surface area contributed by atoms with E-state index in [0.717, 1.165) is 10.7 Å². The summed E-state index contributed by atoms with van der Waals surface area (Å²) >= 11 is 0. The molecule has 25 heavy (non-hydrogen) atoms. The van der Waals surface area contributed by atoms with Crippen LogP contribution in [0.15, 0.2) is 59.7 Å². The average molecular weight is 343 g/mol. The molecule has 0 unspecified atom stereocenters. The number of carboxylic acid groups (broad SMARTS) is 1. The van der Waals surface area contributed by atoms with Gasteiger partial charge in [-0.25, -0.2) is 13.6 Å². The van der Waals surface area contributed by atoms with Crippen LogP contribution < -0.4 is 5.56 Å². The van der Waals surface area contributed by atoms with E-state index < -0.39 is 23.5 Å². The molecule has 1 aromatic carbocycles. The molecule has 2 heterocycles. The Morgan fingerprint density at radius 1 is 1.16 bits per heavy atom. The summed E-state index contributed by atoms with van der Waals surface area (Å²) in [4.78, 5) is 27.6. The van der Waals surface area contributed by atoms with Gasteiger partial charge in [-0.2, -0.15) is 9.78 Å². The van der Waals surface area contributed by atoms with Crippen molar-refractivity contribution in [1.29, 1.82) is 0 Å². The molecule has 0 spiro atoms. The number of halogens is 2. The van der Waals surface area contributed by atoms with Crippen molar-refractivity contribution in [2.24, 2.45) is 0 Å². The van der Waals surface area contributed by atoms with E-state index in [1.54, 1.807) is 12.1 Å². The number of hydrogen-bond acceptors (Lipinski definition) is 4. The highest BCUT2D eigenvalue weighted by atomic mass is 19.3. The molecule has 0 radical (unpaired) electrons. The minimum Gasteiger partial charge on any atom is -0.477 e. The summed E-state index contributed by atoms with van der Waals surface area (Å²) in [7, 11) is 0. The Morgan fingerprint density at radius 3 is 2.44 bits per heavy atom. The van der Waals surface area contributed by atoms with Crippen molar-refractivity contribution in [1.82, 2.24) is 14.8 Å². The molecule has 0 amide bonds. The second-order valence-corrected chi connectivity index (χ2v) is 5.10. The first-order valence-corrected chi connectivity index (χ1v) is 7.14. The molecular formula is C17H11F2N3O3. The fraction of sp³-hybridized carbons (Fsp3) is 0.0588. The predicted octanol–water partition coefficient (Wildman–Crippen LogP) is 2.93. The van der Waals surface area contributed by atoms with Crippen LogP contribution in [0.25, 0.3) is 16.9 Å². The first-order chi connectivity index (χ1) is 12.0. The zero-order valence-electron chi connectivity index (χ0n) is 12.6. The van der Waals surface area contributed by atoms with Gasteiger partial charge in [0.25, 0.3) is 12.0 Å². The van der Waals surface area contributed by atoms with Crippen molar-refractivity contribution >= 4 is 5.97 Å². The average Bonchev–Trinajstić information content (AvgIpc) is 2.62. The van der Waals surface area contributed by atoms with Crippen molar-refractivity contribution in [3.05, 3.63) is 76.3 Å². The molecule has 0 atom stereocenters. The Labute approximate surface area is 140 Å². The molecule has 6 nitrogen and oxygen atoms in total. The molecule has 126 valence electrons. The van der Waals surface area contributed by atoms with Gasteiger partial charge in [0.15, 0.2) is 0 Å². The van der Waals surface area contributed by atoms with Crippen LogP contribution in [0.1, 0.15) is 22.3 Å². The number of aromatic nitrogens is 3. The summed E-state index contributed by atoms with van der Waals surface area (Å²) in [5.41, 5.74) is -0.588. The zero-order chi connectivity index (χ0) is 18.0. The van der Waals surface area contributed by atoms with E-state index in [1.807, 2.05) is 0 Å². The van der Waals surface area contributed by atoms with Gasteiger partial charge in [-0.1, -0.05) is 24.3 Å². The van der Waals surface area contributed by atoms with Crippen LogP contribution in [0.2, 0.25) is 0 Å². The first-order valence-electron chi connectivity index (χ1n) is 7.14. The predicted molar refractivity (Wildman–Crippen MR) is 85.0 cm³/mol. The molecule has 3 rings (SSSR count). The molecule has 0 aliphatic heterocycles. The second-order valence-electron chi connectivity index (χ2n) is 5.10. The molecule has 1 N–H and O–H groups in total. The van der Waals surface area contributed by atoms with E-state index in [4.69, 9.17) is 0 Å². The minimum atomic E-state index is -2.61. The van der Waals surface area contributed by atoms with E-state index in [9.17, 15) is 23.5 Å². The molecule has 0 bridgehead atoms. The molecular weight excluding hydrogens is 332 g/mol. The third-order valence-electron chi connectivity index (χ3n) is 3.49. The molecule has 3 aromatic rings. The fourth-order valence-electron chi connectivity index (χ4n) is 2.24. The zero-order valence-corrected chi connectivity index (χ0v) is 12.6. The normalized spacial score (nSPS) is 10.8. The highest BCUT2D eigenvalue weighted by Gasteiger charge is 2.17. The van der Waals surface area contributed by atoms with Gasteiger partial charge in [0.2, 0.25) is 0 Å². The van der Waals surface area contributed by atoms with Crippen molar-refractivity contribution in [3.63, 3.8) is 0 Å². The number of pyridine rings is 1. The van der Waals surface area contributed by atoms with Crippen LogP contribution in [0, 0.1) is 0 Å². The molecule has 0 aliphatic rings. The van der Waals surface area contributed by atoms with E-state index >= 15 is 0 Å². The quantitative estimate of drug-likeness (QED) is 0.787. The Bertz CT molecular complexity index is 971. The van der Waals surface area contributed by atoms with Crippen molar-refractivity contribution < 1.29 is 18.7 Å². The molecule has 8 heteroatoms. The Hall–Kier alpha value is -3.42. The number of aromatic carboxylic acids is 1. The lowest BCUT2D eigenvalue weighted by molar-refractivity contribution is 0.0694. The number of carbonyl (C=O) groups is 1. The second kappa shape index (κ2) is 6.60. The molecule has 0 fully saturated rings. The minimum absolute atomic E-state index is 0.164. The summed E-state index contributed by atoms with van der Waals surface area (Å²) in [5.74, 6) is -1.41. The van der Waals surface area contributed by atoms with Gasteiger partial charge in [0, 0.05) is 17.3 Å². The maximum Gasteiger partial charge on any atom is 0.341 e. The monoisotopic (exact) mass is 343 g/mol. The lowest BCUT2D eigenvalue weighted by Crippen LogP contribution is -2.27. The smallest absolute Gasteiger partial charge is 0.341 e. The standard InChI is InChI=1S/C17H11F2N3O3/c18-15(19)11-5-3-10(4-6-11)14-8-13(17(24)25)16(23)22(21-14)12-2-1-7-20-9-12/h1-9,15H,(H,24,25). The van der Waals surface area contributed by atoms with Crippen LogP contribution in [0.4, 0.5) is 8.78 Å². The van der Waals surface area contributed by atoms with Gasteiger partial charge in [-0.15, -0.1) is 0 Å². The van der Waals surface area contributed by atoms with E-state index in [2.05, 4.69) is 10.1 Å². The summed E-state index contributed by atoms with van der Waals surface area (Å²) < 4.78 is 26.3. The molecule has 0 saturated heterocycles. The molecule has 0 aliphatic carbocycles. The summed E-state index contributed by atoms with van der Waals surface area (Å²) in [6.07, 6.45) is 0.254. The number of hydrogen-bond donors (Lipinski definition) is 1. The van der Waals surface area contributed by atoms with Gasteiger partial charge in [0.05, 0.1) is 17.6 Å². The van der Waals surface area contributed by atoms with Gasteiger partial charge >= 0.3 is 5.97 Å². The first kappa shape index (κ1) is 16.4. The summed E-state index contributed by atoms with van der Waals surface area (Å²) in [6.45, 7) is 0. The van der Waals surface area contributed by atoms with Crippen molar-refractivity contribution in [3.8, 4) is 16.9 Å². The lowest BCUT2D eigenvalue weighted by atomic mass is 10.1. The highest BCUT2D eigenvalue weighted by Crippen LogP contribution is 2.23. The van der Waals surface area contributed by atoms with Gasteiger partial charge in [-0.05, 0) is 18.2 Å². The third-order valence-corrected chi connectivity index (χ3v) is 3.49. The lowest BCUT2D eigenvalue weighted by Gasteiger charge is -2.09. The Morgan fingerprint density at radius 2 is 1.88 bits per heavy atom.